The van der Waals surface area contributed by atoms with Gasteiger partial charge >= 0.3 is 0 Å². The molecule has 0 spiro atoms. The van der Waals surface area contributed by atoms with E-state index in [0.717, 1.165) is 24.5 Å². The molecular formula is C11H20N4O. The lowest BCUT2D eigenvalue weighted by molar-refractivity contribution is 0.0472. The Morgan fingerprint density at radius 3 is 2.69 bits per heavy atom. The molecule has 1 fully saturated rings. The summed E-state index contributed by atoms with van der Waals surface area (Å²) in [4.78, 5) is 0. The van der Waals surface area contributed by atoms with Crippen molar-refractivity contribution >= 4 is 0 Å². The van der Waals surface area contributed by atoms with Crippen LogP contribution in [0, 0.1) is 0 Å². The highest BCUT2D eigenvalue weighted by molar-refractivity contribution is 5.02. The van der Waals surface area contributed by atoms with Gasteiger partial charge in [0, 0.05) is 6.04 Å². The zero-order valence-electron chi connectivity index (χ0n) is 10.2. The van der Waals surface area contributed by atoms with Crippen LogP contribution in [-0.4, -0.2) is 20.9 Å². The van der Waals surface area contributed by atoms with E-state index in [4.69, 9.17) is 10.5 Å². The van der Waals surface area contributed by atoms with Crippen molar-refractivity contribution in [3.05, 3.63) is 11.6 Å². The lowest BCUT2D eigenvalue weighted by atomic mass is 10.2. The largest absolute Gasteiger partial charge is 0.367 e. The molecule has 1 aliphatic rings. The van der Waals surface area contributed by atoms with Gasteiger partial charge < -0.3 is 15.0 Å². The second-order valence-electron chi connectivity index (χ2n) is 4.65. The third-order valence-electron chi connectivity index (χ3n) is 3.01. The van der Waals surface area contributed by atoms with Crippen molar-refractivity contribution in [3.8, 4) is 0 Å². The van der Waals surface area contributed by atoms with Crippen molar-refractivity contribution in [2.45, 2.75) is 58.4 Å². The Labute approximate surface area is 96.0 Å². The van der Waals surface area contributed by atoms with E-state index in [1.54, 1.807) is 0 Å². The molecule has 2 rings (SSSR count). The number of rotatable bonds is 3. The third kappa shape index (κ3) is 1.97. The molecule has 1 aliphatic heterocycles. The van der Waals surface area contributed by atoms with Gasteiger partial charge in [0.25, 0.3) is 0 Å². The first kappa shape index (κ1) is 11.5. The second-order valence-corrected chi connectivity index (χ2v) is 4.65. The van der Waals surface area contributed by atoms with Crippen LogP contribution in [0.25, 0.3) is 0 Å². The zero-order valence-corrected chi connectivity index (χ0v) is 10.2. The Morgan fingerprint density at radius 2 is 2.19 bits per heavy atom. The summed E-state index contributed by atoms with van der Waals surface area (Å²) in [7, 11) is 0. The highest BCUT2D eigenvalue weighted by atomic mass is 16.5. The van der Waals surface area contributed by atoms with E-state index in [9.17, 15) is 0 Å². The van der Waals surface area contributed by atoms with Gasteiger partial charge in [0.15, 0.2) is 5.82 Å². The first-order valence-corrected chi connectivity index (χ1v) is 5.92. The minimum absolute atomic E-state index is 0.0881. The normalized spacial score (nSPS) is 25.6. The quantitative estimate of drug-likeness (QED) is 0.846. The van der Waals surface area contributed by atoms with Crippen LogP contribution >= 0.6 is 0 Å². The van der Waals surface area contributed by atoms with Crippen LogP contribution in [0.5, 0.6) is 0 Å². The van der Waals surface area contributed by atoms with Gasteiger partial charge in [0.2, 0.25) is 0 Å². The van der Waals surface area contributed by atoms with Crippen LogP contribution < -0.4 is 5.73 Å². The predicted molar refractivity (Wildman–Crippen MR) is 60.8 cm³/mol. The van der Waals surface area contributed by atoms with Gasteiger partial charge in [-0.25, -0.2) is 0 Å². The van der Waals surface area contributed by atoms with E-state index in [1.807, 2.05) is 0 Å². The molecule has 90 valence electrons. The van der Waals surface area contributed by atoms with Crippen LogP contribution in [0.15, 0.2) is 0 Å². The minimum Gasteiger partial charge on any atom is -0.367 e. The molecule has 2 unspecified atom stereocenters. The van der Waals surface area contributed by atoms with Crippen molar-refractivity contribution in [2.75, 3.05) is 0 Å². The maximum Gasteiger partial charge on any atom is 0.162 e. The van der Waals surface area contributed by atoms with Gasteiger partial charge in [-0.2, -0.15) is 0 Å². The average Bonchev–Trinajstić information content (AvgIpc) is 2.82. The zero-order chi connectivity index (χ0) is 11.7. The average molecular weight is 224 g/mol. The monoisotopic (exact) mass is 224 g/mol. The fraction of sp³-hybridized carbons (Fsp3) is 0.818. The Morgan fingerprint density at radius 1 is 1.44 bits per heavy atom. The molecule has 1 saturated heterocycles. The van der Waals surface area contributed by atoms with E-state index >= 15 is 0 Å². The summed E-state index contributed by atoms with van der Waals surface area (Å²) in [6, 6.07) is 0.322. The Balaban J connectivity index is 2.30. The van der Waals surface area contributed by atoms with E-state index in [-0.39, 0.29) is 6.10 Å². The summed E-state index contributed by atoms with van der Waals surface area (Å²) in [5.74, 6) is 1.77. The van der Waals surface area contributed by atoms with E-state index < -0.39 is 0 Å². The van der Waals surface area contributed by atoms with Crippen molar-refractivity contribution in [1.29, 1.82) is 0 Å². The van der Waals surface area contributed by atoms with Gasteiger partial charge in [0.1, 0.15) is 11.9 Å². The van der Waals surface area contributed by atoms with Crippen LogP contribution in [-0.2, 0) is 11.3 Å². The van der Waals surface area contributed by atoms with Crippen LogP contribution in [0.2, 0.25) is 0 Å². The van der Waals surface area contributed by atoms with E-state index in [0.29, 0.717) is 18.7 Å². The molecule has 5 nitrogen and oxygen atoms in total. The number of aromatic nitrogens is 3. The molecule has 5 heteroatoms. The first-order valence-electron chi connectivity index (χ1n) is 5.92. The summed E-state index contributed by atoms with van der Waals surface area (Å²) in [5, 5.41) is 8.37. The molecule has 0 radical (unpaired) electrons. The molecule has 2 heterocycles. The molecule has 2 atom stereocenters. The van der Waals surface area contributed by atoms with Crippen molar-refractivity contribution in [1.82, 2.24) is 14.8 Å². The molecular weight excluding hydrogens is 204 g/mol. The minimum atomic E-state index is 0.0881. The van der Waals surface area contributed by atoms with Crippen LogP contribution in [0.3, 0.4) is 0 Å². The first-order chi connectivity index (χ1) is 7.63. The predicted octanol–water partition coefficient (Wildman–Crippen LogP) is 1.56. The lowest BCUT2D eigenvalue weighted by Crippen LogP contribution is -2.15. The van der Waals surface area contributed by atoms with Crippen molar-refractivity contribution in [3.63, 3.8) is 0 Å². The number of nitrogens with zero attached hydrogens (tertiary/aromatic N) is 3. The number of nitrogens with two attached hydrogens (primary N) is 1. The SMILES string of the molecule is CC1CCC(c2nnc(CN)n2C(C)C)O1. The number of hydrogen-bond donors (Lipinski definition) is 1. The Bertz CT molecular complexity index is 361. The third-order valence-corrected chi connectivity index (χ3v) is 3.01. The molecule has 2 N–H and O–H groups in total. The molecule has 0 amide bonds. The lowest BCUT2D eigenvalue weighted by Gasteiger charge is -2.17. The number of hydrogen-bond acceptors (Lipinski definition) is 4. The molecule has 0 aromatic carbocycles. The highest BCUT2D eigenvalue weighted by Crippen LogP contribution is 2.32. The molecule has 0 saturated carbocycles. The van der Waals surface area contributed by atoms with Crippen molar-refractivity contribution < 1.29 is 4.74 Å². The number of ether oxygens (including phenoxy) is 1. The van der Waals surface area contributed by atoms with Gasteiger partial charge in [-0.1, -0.05) is 0 Å². The maximum atomic E-state index is 5.83. The van der Waals surface area contributed by atoms with Gasteiger partial charge in [-0.3, -0.25) is 0 Å². The molecule has 0 aliphatic carbocycles. The maximum absolute atomic E-state index is 5.83. The molecule has 1 aromatic rings. The second kappa shape index (κ2) is 4.51. The summed E-state index contributed by atoms with van der Waals surface area (Å²) in [6.07, 6.45) is 2.53. The van der Waals surface area contributed by atoms with Gasteiger partial charge in [-0.05, 0) is 33.6 Å². The van der Waals surface area contributed by atoms with Gasteiger partial charge in [0.05, 0.1) is 12.6 Å². The smallest absolute Gasteiger partial charge is 0.162 e. The van der Waals surface area contributed by atoms with Crippen molar-refractivity contribution in [2.24, 2.45) is 5.73 Å². The standard InChI is InChI=1S/C11H20N4O/c1-7(2)15-10(6-12)13-14-11(15)9-5-4-8(3)16-9/h7-9H,4-6,12H2,1-3H3. The van der Waals surface area contributed by atoms with E-state index in [2.05, 4.69) is 35.5 Å². The topological polar surface area (TPSA) is 66.0 Å². The molecule has 1 aromatic heterocycles. The fourth-order valence-corrected chi connectivity index (χ4v) is 2.25. The summed E-state index contributed by atoms with van der Waals surface area (Å²) in [5.41, 5.74) is 5.66. The Kier molecular flexibility index (Phi) is 3.25. The van der Waals surface area contributed by atoms with Gasteiger partial charge in [-0.15, -0.1) is 10.2 Å². The Hall–Kier alpha value is -0.940. The summed E-state index contributed by atoms with van der Waals surface area (Å²) in [6.45, 7) is 6.75. The molecule has 16 heavy (non-hydrogen) atoms. The summed E-state index contributed by atoms with van der Waals surface area (Å²) < 4.78 is 7.93. The molecule has 0 bridgehead atoms. The van der Waals surface area contributed by atoms with E-state index in [1.165, 1.54) is 0 Å². The summed E-state index contributed by atoms with van der Waals surface area (Å²) >= 11 is 0. The van der Waals surface area contributed by atoms with Crippen LogP contribution in [0.1, 0.15) is 57.4 Å². The fourth-order valence-electron chi connectivity index (χ4n) is 2.25. The highest BCUT2D eigenvalue weighted by Gasteiger charge is 2.29. The van der Waals surface area contributed by atoms with Crippen LogP contribution in [0.4, 0.5) is 0 Å².